The van der Waals surface area contributed by atoms with Crippen molar-refractivity contribution < 1.29 is 32.3 Å². The number of para-hydroxylation sites is 1. The number of fused-ring (bicyclic) bond motifs is 1. The lowest BCUT2D eigenvalue weighted by molar-refractivity contribution is -0.140. The minimum absolute atomic E-state index is 0.00574. The number of benzene rings is 3. The third kappa shape index (κ3) is 5.90. The number of hydrogen-bond donors (Lipinski definition) is 2. The Hall–Kier alpha value is -3.95. The summed E-state index contributed by atoms with van der Waals surface area (Å²) in [6, 6.07) is 19.3. The number of ether oxygens (including phenoxy) is 1. The van der Waals surface area contributed by atoms with Gasteiger partial charge >= 0.3 is 11.9 Å². The Kier molecular flexibility index (Phi) is 7.47. The van der Waals surface area contributed by atoms with Gasteiger partial charge in [-0.3, -0.25) is 9.59 Å². The highest BCUT2D eigenvalue weighted by Crippen LogP contribution is 2.27. The molecule has 0 saturated carbocycles. The molecule has 0 bridgehead atoms. The third-order valence-electron chi connectivity index (χ3n) is 6.05. The van der Waals surface area contributed by atoms with Gasteiger partial charge in [0.2, 0.25) is 10.0 Å². The number of sulfonamides is 1. The first-order chi connectivity index (χ1) is 17.5. The van der Waals surface area contributed by atoms with Gasteiger partial charge in [-0.2, -0.15) is 4.72 Å². The average molecular weight is 522 g/mol. The zero-order valence-electron chi connectivity index (χ0n) is 20.6. The molecular formula is C28H27NO7S. The number of aliphatic carboxylic acids is 1. The molecule has 1 heterocycles. The van der Waals surface area contributed by atoms with Crippen LogP contribution in [0.25, 0.3) is 22.1 Å². The smallest absolute Gasteiger partial charge is 0.322 e. The van der Waals surface area contributed by atoms with Crippen molar-refractivity contribution in [2.75, 3.05) is 0 Å². The van der Waals surface area contributed by atoms with Gasteiger partial charge in [-0.1, -0.05) is 56.3 Å². The first kappa shape index (κ1) is 26.1. The summed E-state index contributed by atoms with van der Waals surface area (Å²) in [4.78, 5) is 23.8. The summed E-state index contributed by atoms with van der Waals surface area (Å²) < 4.78 is 38.7. The summed E-state index contributed by atoms with van der Waals surface area (Å²) in [6.45, 7) is 5.17. The Bertz CT molecular complexity index is 1540. The molecule has 0 aliphatic heterocycles. The summed E-state index contributed by atoms with van der Waals surface area (Å²) in [5.74, 6) is -1.15. The molecule has 9 heteroatoms. The maximum absolute atomic E-state index is 12.6. The molecule has 37 heavy (non-hydrogen) atoms. The van der Waals surface area contributed by atoms with E-state index in [4.69, 9.17) is 9.15 Å². The Morgan fingerprint density at radius 3 is 2.11 bits per heavy atom. The van der Waals surface area contributed by atoms with E-state index < -0.39 is 33.9 Å². The fourth-order valence-electron chi connectivity index (χ4n) is 3.94. The minimum atomic E-state index is -4.00. The molecule has 192 valence electrons. The highest BCUT2D eigenvalue weighted by Gasteiger charge is 2.28. The van der Waals surface area contributed by atoms with Crippen molar-refractivity contribution in [1.29, 1.82) is 0 Å². The van der Waals surface area contributed by atoms with Gasteiger partial charge in [0.15, 0.2) is 0 Å². The Balaban J connectivity index is 1.42. The van der Waals surface area contributed by atoms with Gasteiger partial charge in [0.25, 0.3) is 0 Å². The quantitative estimate of drug-likeness (QED) is 0.236. The van der Waals surface area contributed by atoms with Crippen LogP contribution in [0.5, 0.6) is 5.75 Å². The molecule has 0 radical (unpaired) electrons. The van der Waals surface area contributed by atoms with Crippen LogP contribution >= 0.6 is 0 Å². The second kappa shape index (κ2) is 10.6. The highest BCUT2D eigenvalue weighted by molar-refractivity contribution is 7.89. The molecule has 1 aromatic heterocycles. The largest absolute Gasteiger partial charge is 0.480 e. The number of nitrogens with one attached hydrogen (secondary N) is 1. The number of carboxylic acid groups (broad SMARTS) is 1. The van der Waals surface area contributed by atoms with E-state index in [1.54, 1.807) is 50.2 Å². The van der Waals surface area contributed by atoms with Crippen molar-refractivity contribution in [1.82, 2.24) is 4.72 Å². The van der Waals surface area contributed by atoms with Gasteiger partial charge in [-0.05, 0) is 59.9 Å². The molecule has 4 rings (SSSR count). The fraction of sp³-hybridized carbons (Fsp3) is 0.214. The molecule has 2 N–H and O–H groups in total. The molecule has 3 aromatic carbocycles. The van der Waals surface area contributed by atoms with Crippen LogP contribution in [-0.4, -0.2) is 31.5 Å². The average Bonchev–Trinajstić information content (AvgIpc) is 3.17. The summed E-state index contributed by atoms with van der Waals surface area (Å²) in [5.41, 5.74) is 3.17. The van der Waals surface area contributed by atoms with Crippen LogP contribution in [0, 0.1) is 12.8 Å². The molecule has 0 aliphatic carbocycles. The van der Waals surface area contributed by atoms with Gasteiger partial charge in [-0.25, -0.2) is 8.42 Å². The lowest BCUT2D eigenvalue weighted by Crippen LogP contribution is -2.44. The Morgan fingerprint density at radius 1 is 0.946 bits per heavy atom. The van der Waals surface area contributed by atoms with E-state index in [9.17, 15) is 23.1 Å². The standard InChI is InChI=1S/C28H27NO7S/c1-17(2)27(28(31)32)29-37(33,34)22-14-10-20(11-15-22)19-8-12-21(13-9-19)35-26(30)16-25-18(3)23-6-4-5-7-24(23)36-25/h4-15,17,27,29H,16H2,1-3H3,(H,31,32)/t27-/m1/s1. The zero-order chi connectivity index (χ0) is 26.7. The maximum Gasteiger partial charge on any atom is 0.322 e. The minimum Gasteiger partial charge on any atom is -0.480 e. The molecule has 0 saturated heterocycles. The van der Waals surface area contributed by atoms with E-state index in [0.717, 1.165) is 27.7 Å². The number of carbonyl (C=O) groups excluding carboxylic acids is 1. The molecule has 4 aromatic rings. The van der Waals surface area contributed by atoms with Crippen molar-refractivity contribution in [2.24, 2.45) is 5.92 Å². The Morgan fingerprint density at radius 2 is 1.54 bits per heavy atom. The van der Waals surface area contributed by atoms with Gasteiger partial charge in [0.05, 0.1) is 4.90 Å². The molecule has 0 fully saturated rings. The van der Waals surface area contributed by atoms with Crippen LogP contribution in [0.15, 0.2) is 82.1 Å². The number of hydrogen-bond acceptors (Lipinski definition) is 6. The first-order valence-electron chi connectivity index (χ1n) is 11.7. The number of carbonyl (C=O) groups is 2. The SMILES string of the molecule is Cc1c(CC(=O)Oc2ccc(-c3ccc(S(=O)(=O)N[C@@H](C(=O)O)C(C)C)cc3)cc2)oc2ccccc12. The zero-order valence-corrected chi connectivity index (χ0v) is 21.4. The van der Waals surface area contributed by atoms with E-state index in [1.807, 2.05) is 31.2 Å². The van der Waals surface area contributed by atoms with Crippen LogP contribution in [0.1, 0.15) is 25.2 Å². The van der Waals surface area contributed by atoms with Gasteiger partial charge < -0.3 is 14.3 Å². The number of carboxylic acids is 1. The third-order valence-corrected chi connectivity index (χ3v) is 7.50. The molecule has 0 aliphatic rings. The summed E-state index contributed by atoms with van der Waals surface area (Å²) in [6.07, 6.45) is 0.00574. The second-order valence-electron chi connectivity index (χ2n) is 9.03. The highest BCUT2D eigenvalue weighted by atomic mass is 32.2. The molecular weight excluding hydrogens is 494 g/mol. The van der Waals surface area contributed by atoms with E-state index in [0.29, 0.717) is 11.5 Å². The lowest BCUT2D eigenvalue weighted by Gasteiger charge is -2.18. The maximum atomic E-state index is 12.6. The molecule has 0 amide bonds. The number of furan rings is 1. The first-order valence-corrected chi connectivity index (χ1v) is 13.2. The summed E-state index contributed by atoms with van der Waals surface area (Å²) >= 11 is 0. The number of rotatable bonds is 9. The van der Waals surface area contributed by atoms with Gasteiger partial charge in [0, 0.05) is 5.39 Å². The van der Waals surface area contributed by atoms with Gasteiger partial charge in [0.1, 0.15) is 29.6 Å². The predicted octanol–water partition coefficient (Wildman–Crippen LogP) is 4.94. The molecule has 0 spiro atoms. The Labute approximate surface area is 214 Å². The van der Waals surface area contributed by atoms with Crippen LogP contribution in [0.3, 0.4) is 0 Å². The lowest BCUT2D eigenvalue weighted by atomic mass is 10.1. The van der Waals surface area contributed by atoms with E-state index in [2.05, 4.69) is 4.72 Å². The summed E-state index contributed by atoms with van der Waals surface area (Å²) in [5, 5.41) is 10.2. The van der Waals surface area contributed by atoms with Crippen molar-refractivity contribution >= 4 is 32.9 Å². The normalized spacial score (nSPS) is 12.5. The predicted molar refractivity (Wildman–Crippen MR) is 139 cm³/mol. The fourth-order valence-corrected chi connectivity index (χ4v) is 5.28. The second-order valence-corrected chi connectivity index (χ2v) is 10.7. The number of esters is 1. The van der Waals surface area contributed by atoms with Crippen molar-refractivity contribution in [2.45, 2.75) is 38.1 Å². The van der Waals surface area contributed by atoms with Crippen molar-refractivity contribution in [3.8, 4) is 16.9 Å². The molecule has 1 atom stereocenters. The van der Waals surface area contributed by atoms with Crippen LogP contribution in [-0.2, 0) is 26.0 Å². The summed E-state index contributed by atoms with van der Waals surface area (Å²) in [7, 11) is -4.00. The molecule has 8 nitrogen and oxygen atoms in total. The van der Waals surface area contributed by atoms with Gasteiger partial charge in [-0.15, -0.1) is 0 Å². The monoisotopic (exact) mass is 521 g/mol. The van der Waals surface area contributed by atoms with Crippen LogP contribution in [0.4, 0.5) is 0 Å². The van der Waals surface area contributed by atoms with E-state index >= 15 is 0 Å². The van der Waals surface area contributed by atoms with Crippen molar-refractivity contribution in [3.05, 3.63) is 84.1 Å². The topological polar surface area (TPSA) is 123 Å². The van der Waals surface area contributed by atoms with Crippen molar-refractivity contribution in [3.63, 3.8) is 0 Å². The van der Waals surface area contributed by atoms with E-state index in [1.165, 1.54) is 12.1 Å². The van der Waals surface area contributed by atoms with Crippen LogP contribution < -0.4 is 9.46 Å². The molecule has 0 unspecified atom stereocenters. The number of aryl methyl sites for hydroxylation is 1. The van der Waals surface area contributed by atoms with E-state index in [-0.39, 0.29) is 11.3 Å². The van der Waals surface area contributed by atoms with Crippen LogP contribution in [0.2, 0.25) is 0 Å².